The van der Waals surface area contributed by atoms with Gasteiger partial charge in [-0.25, -0.2) is 4.68 Å². The Balaban J connectivity index is 1.37. The minimum atomic E-state index is -0.107. The van der Waals surface area contributed by atoms with Crippen molar-refractivity contribution in [2.45, 2.75) is 71.3 Å². The molecule has 204 valence electrons. The van der Waals surface area contributed by atoms with E-state index < -0.39 is 0 Å². The van der Waals surface area contributed by atoms with Gasteiger partial charge in [-0.2, -0.15) is 0 Å². The zero-order valence-electron chi connectivity index (χ0n) is 22.4. The van der Waals surface area contributed by atoms with Crippen LogP contribution in [0.1, 0.15) is 61.2 Å². The molecule has 10 heteroatoms. The molecule has 4 heterocycles. The minimum Gasteiger partial charge on any atom is -0.454 e. The maximum absolute atomic E-state index is 13.3. The Morgan fingerprint density at radius 2 is 2.05 bits per heavy atom. The number of aromatic amines is 1. The second kappa shape index (κ2) is 11.2. The average molecular weight is 531 g/mol. The molecule has 2 aromatic carbocycles. The third-order valence-electron chi connectivity index (χ3n) is 7.62. The van der Waals surface area contributed by atoms with E-state index in [-0.39, 0.29) is 24.5 Å². The summed E-state index contributed by atoms with van der Waals surface area (Å²) in [6.07, 6.45) is 3.94. The highest BCUT2D eigenvalue weighted by atomic mass is 16.7. The van der Waals surface area contributed by atoms with Crippen molar-refractivity contribution in [2.75, 3.05) is 13.4 Å². The Morgan fingerprint density at radius 3 is 2.90 bits per heavy atom. The lowest BCUT2D eigenvalue weighted by Crippen LogP contribution is -2.33. The molecule has 0 bridgehead atoms. The number of H-pyrrole nitrogens is 1. The van der Waals surface area contributed by atoms with Crippen molar-refractivity contribution in [3.63, 3.8) is 0 Å². The van der Waals surface area contributed by atoms with Crippen molar-refractivity contribution in [1.29, 1.82) is 0 Å². The molecule has 2 aliphatic heterocycles. The van der Waals surface area contributed by atoms with Crippen molar-refractivity contribution in [3.8, 4) is 11.5 Å². The predicted octanol–water partition coefficient (Wildman–Crippen LogP) is 4.27. The Morgan fingerprint density at radius 1 is 1.15 bits per heavy atom. The zero-order valence-corrected chi connectivity index (χ0v) is 22.4. The van der Waals surface area contributed by atoms with E-state index in [1.807, 2.05) is 54.1 Å². The molecule has 1 N–H and O–H groups in total. The first kappa shape index (κ1) is 25.5. The van der Waals surface area contributed by atoms with Crippen LogP contribution in [0.2, 0.25) is 0 Å². The fourth-order valence-electron chi connectivity index (χ4n) is 5.62. The molecule has 0 radical (unpaired) electrons. The molecule has 1 fully saturated rings. The number of pyridine rings is 1. The van der Waals surface area contributed by atoms with Gasteiger partial charge in [-0.15, -0.1) is 5.10 Å². The molecular weight excluding hydrogens is 496 g/mol. The number of aryl methyl sites for hydroxylation is 1. The summed E-state index contributed by atoms with van der Waals surface area (Å²) in [7, 11) is 0. The first-order valence-corrected chi connectivity index (χ1v) is 13.7. The van der Waals surface area contributed by atoms with Gasteiger partial charge in [0.15, 0.2) is 17.3 Å². The average Bonchev–Trinajstić information content (AvgIpc) is 3.71. The van der Waals surface area contributed by atoms with E-state index in [1.54, 1.807) is 0 Å². The third-order valence-corrected chi connectivity index (χ3v) is 7.62. The molecule has 4 aromatic rings. The molecule has 0 amide bonds. The van der Waals surface area contributed by atoms with Gasteiger partial charge in [0.2, 0.25) is 6.79 Å². The van der Waals surface area contributed by atoms with Crippen LogP contribution in [0.15, 0.2) is 47.3 Å². The van der Waals surface area contributed by atoms with E-state index in [4.69, 9.17) is 14.2 Å². The molecule has 6 rings (SSSR count). The molecule has 2 aliphatic rings. The van der Waals surface area contributed by atoms with Gasteiger partial charge in [0.05, 0.1) is 24.2 Å². The van der Waals surface area contributed by atoms with E-state index in [0.717, 1.165) is 71.6 Å². The summed E-state index contributed by atoms with van der Waals surface area (Å²) in [5.74, 6) is 2.28. The molecule has 0 aliphatic carbocycles. The van der Waals surface area contributed by atoms with E-state index >= 15 is 0 Å². The van der Waals surface area contributed by atoms with Gasteiger partial charge >= 0.3 is 0 Å². The van der Waals surface area contributed by atoms with Crippen LogP contribution < -0.4 is 15.0 Å². The van der Waals surface area contributed by atoms with Crippen LogP contribution in [-0.4, -0.2) is 49.6 Å². The Bertz CT molecular complexity index is 1510. The second-order valence-corrected chi connectivity index (χ2v) is 10.4. The summed E-state index contributed by atoms with van der Waals surface area (Å²) in [4.78, 5) is 18.7. The van der Waals surface area contributed by atoms with Crippen molar-refractivity contribution >= 4 is 10.9 Å². The quantitative estimate of drug-likeness (QED) is 0.324. The number of rotatable bonds is 10. The van der Waals surface area contributed by atoms with Gasteiger partial charge in [0.25, 0.3) is 5.56 Å². The Kier molecular flexibility index (Phi) is 7.30. The monoisotopic (exact) mass is 530 g/mol. The molecule has 39 heavy (non-hydrogen) atoms. The smallest absolute Gasteiger partial charge is 0.252 e. The molecule has 1 saturated heterocycles. The zero-order chi connectivity index (χ0) is 26.8. The number of nitrogens with zero attached hydrogens (tertiary/aromatic N) is 5. The lowest BCUT2D eigenvalue weighted by atomic mass is 10.0. The second-order valence-electron chi connectivity index (χ2n) is 10.4. The van der Waals surface area contributed by atoms with Gasteiger partial charge in [0, 0.05) is 25.3 Å². The SMILES string of the molecule is CCC[C@@H](c1nnnn1C[C@H]1CCCO1)N(Cc1ccc2c(c1)OCO2)Cc1cc2cccc(C)c2[nH]c1=O. The minimum absolute atomic E-state index is 0.0818. The fraction of sp³-hybridized carbons (Fsp3) is 0.448. The summed E-state index contributed by atoms with van der Waals surface area (Å²) in [6, 6.07) is 14.0. The molecule has 2 atom stereocenters. The Labute approximate surface area is 226 Å². The van der Waals surface area contributed by atoms with Gasteiger partial charge in [0.1, 0.15) is 0 Å². The van der Waals surface area contributed by atoms with Crippen molar-refractivity contribution in [2.24, 2.45) is 0 Å². The third kappa shape index (κ3) is 5.39. The number of ether oxygens (including phenoxy) is 3. The van der Waals surface area contributed by atoms with E-state index in [0.29, 0.717) is 25.2 Å². The van der Waals surface area contributed by atoms with Crippen LogP contribution in [0, 0.1) is 6.92 Å². The largest absolute Gasteiger partial charge is 0.454 e. The number of fused-ring (bicyclic) bond motifs is 2. The van der Waals surface area contributed by atoms with E-state index in [2.05, 4.69) is 32.3 Å². The van der Waals surface area contributed by atoms with Crippen molar-refractivity contribution in [1.82, 2.24) is 30.1 Å². The lowest BCUT2D eigenvalue weighted by molar-refractivity contribution is 0.0885. The summed E-state index contributed by atoms with van der Waals surface area (Å²) >= 11 is 0. The standard InChI is InChI=1S/C29H34N6O4/c1-3-6-24(28-31-32-33-35(28)17-23-9-5-12-37-23)34(15-20-10-11-25-26(13-20)39-18-38-25)16-22-14-21-8-4-7-19(2)27(21)30-29(22)36/h4,7-8,10-11,13-14,23-24H,3,5-6,9,12,15-18H2,1-2H3,(H,30,36)/t23-,24+/m1/s1. The van der Waals surface area contributed by atoms with Gasteiger partial charge in [-0.3, -0.25) is 9.69 Å². The molecule has 0 spiro atoms. The molecule has 10 nitrogen and oxygen atoms in total. The lowest BCUT2D eigenvalue weighted by Gasteiger charge is -2.31. The van der Waals surface area contributed by atoms with Crippen molar-refractivity contribution in [3.05, 3.63) is 75.3 Å². The van der Waals surface area contributed by atoms with Crippen LogP contribution in [0.3, 0.4) is 0 Å². The molecule has 2 aromatic heterocycles. The number of hydrogen-bond acceptors (Lipinski definition) is 8. The summed E-state index contributed by atoms with van der Waals surface area (Å²) in [5.41, 5.74) is 3.60. The predicted molar refractivity (Wildman–Crippen MR) is 146 cm³/mol. The highest BCUT2D eigenvalue weighted by Crippen LogP contribution is 2.35. The van der Waals surface area contributed by atoms with Crippen LogP contribution >= 0.6 is 0 Å². The first-order chi connectivity index (χ1) is 19.1. The number of para-hydroxylation sites is 1. The van der Waals surface area contributed by atoms with E-state index in [9.17, 15) is 4.79 Å². The van der Waals surface area contributed by atoms with Crippen LogP contribution in [0.4, 0.5) is 0 Å². The fourth-order valence-corrected chi connectivity index (χ4v) is 5.62. The molecular formula is C29H34N6O4. The first-order valence-electron chi connectivity index (χ1n) is 13.7. The van der Waals surface area contributed by atoms with Crippen LogP contribution in [0.5, 0.6) is 11.5 Å². The number of benzene rings is 2. The van der Waals surface area contributed by atoms with Gasteiger partial charge in [-0.1, -0.05) is 37.6 Å². The van der Waals surface area contributed by atoms with Gasteiger partial charge in [-0.05, 0) is 71.3 Å². The number of hydrogen-bond donors (Lipinski definition) is 1. The number of nitrogens with one attached hydrogen (secondary N) is 1. The van der Waals surface area contributed by atoms with Crippen molar-refractivity contribution < 1.29 is 14.2 Å². The summed E-state index contributed by atoms with van der Waals surface area (Å²) in [6.45, 7) is 6.81. The topological polar surface area (TPSA) is 107 Å². The van der Waals surface area contributed by atoms with Crippen LogP contribution in [0.25, 0.3) is 10.9 Å². The highest BCUT2D eigenvalue weighted by molar-refractivity contribution is 5.81. The van der Waals surface area contributed by atoms with E-state index in [1.165, 1.54) is 0 Å². The normalized spacial score (nSPS) is 17.4. The maximum Gasteiger partial charge on any atom is 0.252 e. The Hall–Kier alpha value is -3.76. The number of tetrazole rings is 1. The molecule has 0 saturated carbocycles. The highest BCUT2D eigenvalue weighted by Gasteiger charge is 2.29. The van der Waals surface area contributed by atoms with Crippen LogP contribution in [-0.2, 0) is 24.4 Å². The summed E-state index contributed by atoms with van der Waals surface area (Å²) in [5, 5.41) is 13.9. The summed E-state index contributed by atoms with van der Waals surface area (Å²) < 4.78 is 18.9. The van der Waals surface area contributed by atoms with Gasteiger partial charge < -0.3 is 19.2 Å². The maximum atomic E-state index is 13.3. The number of aromatic nitrogens is 5. The molecule has 0 unspecified atom stereocenters.